The lowest BCUT2D eigenvalue weighted by Crippen LogP contribution is -2.57. The third kappa shape index (κ3) is 10.6. The summed E-state index contributed by atoms with van der Waals surface area (Å²) in [5.41, 5.74) is 15.7. The Morgan fingerprint density at radius 3 is 2.00 bits per heavy atom. The lowest BCUT2D eigenvalue weighted by atomic mass is 10.0. The summed E-state index contributed by atoms with van der Waals surface area (Å²) in [4.78, 5) is 71.9. The minimum absolute atomic E-state index is 0.0871. The lowest BCUT2D eigenvalue weighted by Gasteiger charge is -2.25. The van der Waals surface area contributed by atoms with Crippen LogP contribution in [0.15, 0.2) is 0 Å². The highest BCUT2D eigenvalue weighted by Gasteiger charge is 2.31. The Balaban J connectivity index is 2.95. The number of hydrogen-bond donors (Lipinski definition) is 8. The Hall–Kier alpha value is -3.26. The molecule has 4 atom stereocenters. The van der Waals surface area contributed by atoms with E-state index in [2.05, 4.69) is 21.3 Å². The Labute approximate surface area is 197 Å². The van der Waals surface area contributed by atoms with E-state index in [0.29, 0.717) is 32.4 Å². The van der Waals surface area contributed by atoms with Crippen molar-refractivity contribution in [3.63, 3.8) is 0 Å². The maximum absolute atomic E-state index is 13.0. The van der Waals surface area contributed by atoms with Gasteiger partial charge in [-0.25, -0.2) is 4.79 Å². The molecule has 0 radical (unpaired) electrons. The van der Waals surface area contributed by atoms with Gasteiger partial charge in [0.1, 0.15) is 18.1 Å². The van der Waals surface area contributed by atoms with E-state index in [0.717, 1.165) is 6.42 Å². The Morgan fingerprint density at radius 1 is 0.882 bits per heavy atom. The normalized spacial score (nSPS) is 17.7. The minimum atomic E-state index is -1.57. The van der Waals surface area contributed by atoms with Crippen LogP contribution < -0.4 is 38.5 Å². The summed E-state index contributed by atoms with van der Waals surface area (Å²) in [5, 5.41) is 19.5. The molecule has 1 aliphatic rings. The van der Waals surface area contributed by atoms with Gasteiger partial charge in [0.2, 0.25) is 29.5 Å². The van der Waals surface area contributed by atoms with E-state index >= 15 is 0 Å². The largest absolute Gasteiger partial charge is 0.480 e. The van der Waals surface area contributed by atoms with Crippen LogP contribution in [-0.2, 0) is 28.8 Å². The molecule has 14 nitrogen and oxygen atoms in total. The number of carboxylic acid groups (broad SMARTS) is 1. The van der Waals surface area contributed by atoms with Crippen LogP contribution in [-0.4, -0.2) is 77.9 Å². The second-order valence-corrected chi connectivity index (χ2v) is 8.13. The van der Waals surface area contributed by atoms with Gasteiger partial charge in [0, 0.05) is 6.42 Å². The van der Waals surface area contributed by atoms with Crippen LogP contribution in [0.2, 0.25) is 0 Å². The van der Waals surface area contributed by atoms with E-state index in [1.807, 2.05) is 0 Å². The molecule has 11 N–H and O–H groups in total. The van der Waals surface area contributed by atoms with Crippen molar-refractivity contribution in [3.05, 3.63) is 0 Å². The molecular weight excluding hydrogens is 450 g/mol. The molecule has 1 aliphatic heterocycles. The van der Waals surface area contributed by atoms with Gasteiger partial charge in [0.05, 0.1) is 12.5 Å². The maximum atomic E-state index is 13.0. The topological polar surface area (TPSA) is 249 Å². The Kier molecular flexibility index (Phi) is 12.5. The van der Waals surface area contributed by atoms with E-state index in [-0.39, 0.29) is 19.3 Å². The first-order valence-electron chi connectivity index (χ1n) is 11.2. The van der Waals surface area contributed by atoms with Crippen molar-refractivity contribution in [1.82, 2.24) is 21.3 Å². The van der Waals surface area contributed by atoms with Crippen LogP contribution >= 0.6 is 0 Å². The zero-order chi connectivity index (χ0) is 25.7. The van der Waals surface area contributed by atoms with Gasteiger partial charge in [-0.05, 0) is 51.6 Å². The molecule has 34 heavy (non-hydrogen) atoms. The highest BCUT2D eigenvalue weighted by molar-refractivity contribution is 5.95. The van der Waals surface area contributed by atoms with Gasteiger partial charge < -0.3 is 43.6 Å². The van der Waals surface area contributed by atoms with Crippen molar-refractivity contribution in [2.75, 3.05) is 13.1 Å². The van der Waals surface area contributed by atoms with Crippen molar-refractivity contribution >= 4 is 35.5 Å². The SMILES string of the molecule is NCCCCC(NC(=O)C(CCC(N)=O)NC(=O)C1CCCN1)C(=O)NC(CC(N)=O)C(=O)O. The predicted octanol–water partition coefficient (Wildman–Crippen LogP) is -3.45. The second-order valence-electron chi connectivity index (χ2n) is 8.13. The first-order chi connectivity index (χ1) is 16.0. The maximum Gasteiger partial charge on any atom is 0.326 e. The van der Waals surface area contributed by atoms with Crippen molar-refractivity contribution in [1.29, 1.82) is 0 Å². The fraction of sp³-hybridized carbons (Fsp3) is 0.700. The molecule has 0 saturated carbocycles. The molecule has 192 valence electrons. The number of nitrogens with one attached hydrogen (secondary N) is 4. The number of carboxylic acids is 1. The van der Waals surface area contributed by atoms with Crippen molar-refractivity contribution < 1.29 is 33.9 Å². The number of hydrogen-bond acceptors (Lipinski definition) is 8. The number of nitrogens with two attached hydrogens (primary N) is 3. The number of aliphatic carboxylic acids is 1. The average molecular weight is 486 g/mol. The van der Waals surface area contributed by atoms with Gasteiger partial charge in [0.25, 0.3) is 0 Å². The van der Waals surface area contributed by atoms with Gasteiger partial charge in [-0.1, -0.05) is 0 Å². The number of unbranched alkanes of at least 4 members (excludes halogenated alkanes) is 1. The smallest absolute Gasteiger partial charge is 0.326 e. The van der Waals surface area contributed by atoms with Crippen molar-refractivity contribution in [2.24, 2.45) is 17.2 Å². The van der Waals surface area contributed by atoms with E-state index in [4.69, 9.17) is 17.2 Å². The predicted molar refractivity (Wildman–Crippen MR) is 120 cm³/mol. The molecule has 1 heterocycles. The summed E-state index contributed by atoms with van der Waals surface area (Å²) in [7, 11) is 0. The molecule has 1 saturated heterocycles. The molecule has 0 spiro atoms. The fourth-order valence-corrected chi connectivity index (χ4v) is 3.44. The molecule has 0 aromatic carbocycles. The number of primary amides is 2. The van der Waals surface area contributed by atoms with Crippen LogP contribution in [0.1, 0.15) is 51.4 Å². The molecule has 0 aliphatic carbocycles. The quantitative estimate of drug-likeness (QED) is 0.101. The number of rotatable bonds is 16. The first-order valence-corrected chi connectivity index (χ1v) is 11.2. The van der Waals surface area contributed by atoms with Crippen LogP contribution in [0.25, 0.3) is 0 Å². The monoisotopic (exact) mass is 485 g/mol. The number of carbonyl (C=O) groups excluding carboxylic acids is 5. The zero-order valence-electron chi connectivity index (χ0n) is 19.0. The van der Waals surface area contributed by atoms with Crippen LogP contribution in [0.4, 0.5) is 0 Å². The van der Waals surface area contributed by atoms with Gasteiger partial charge in [0.15, 0.2) is 0 Å². The van der Waals surface area contributed by atoms with E-state index in [1.165, 1.54) is 0 Å². The van der Waals surface area contributed by atoms with E-state index in [1.54, 1.807) is 0 Å². The molecule has 1 fully saturated rings. The summed E-state index contributed by atoms with van der Waals surface area (Å²) >= 11 is 0. The summed E-state index contributed by atoms with van der Waals surface area (Å²) in [6.45, 7) is 1.00. The Bertz CT molecular complexity index is 756. The van der Waals surface area contributed by atoms with Gasteiger partial charge >= 0.3 is 5.97 Å². The van der Waals surface area contributed by atoms with Crippen molar-refractivity contribution in [2.45, 2.75) is 75.5 Å². The molecule has 0 bridgehead atoms. The first kappa shape index (κ1) is 28.8. The molecule has 4 unspecified atom stereocenters. The highest BCUT2D eigenvalue weighted by atomic mass is 16.4. The summed E-state index contributed by atoms with van der Waals surface area (Å²) in [6.07, 6.45) is 1.60. The molecule has 0 aromatic heterocycles. The lowest BCUT2D eigenvalue weighted by molar-refractivity contribution is -0.143. The third-order valence-electron chi connectivity index (χ3n) is 5.29. The summed E-state index contributed by atoms with van der Waals surface area (Å²) in [6, 6.07) is -4.37. The third-order valence-corrected chi connectivity index (χ3v) is 5.29. The van der Waals surface area contributed by atoms with Crippen LogP contribution in [0.3, 0.4) is 0 Å². The molecule has 5 amide bonds. The van der Waals surface area contributed by atoms with Gasteiger partial charge in [-0.15, -0.1) is 0 Å². The Morgan fingerprint density at radius 2 is 1.50 bits per heavy atom. The van der Waals surface area contributed by atoms with Crippen LogP contribution in [0, 0.1) is 0 Å². The fourth-order valence-electron chi connectivity index (χ4n) is 3.44. The highest BCUT2D eigenvalue weighted by Crippen LogP contribution is 2.08. The second kappa shape index (κ2) is 14.8. The van der Waals surface area contributed by atoms with Crippen LogP contribution in [0.5, 0.6) is 0 Å². The molecule has 14 heteroatoms. The summed E-state index contributed by atoms with van der Waals surface area (Å²) in [5.74, 6) is -5.04. The molecular formula is C20H35N7O7. The van der Waals surface area contributed by atoms with Gasteiger partial charge in [-0.3, -0.25) is 24.0 Å². The van der Waals surface area contributed by atoms with E-state index < -0.39 is 66.1 Å². The standard InChI is InChI=1S/C20H35N7O7/c21-8-2-1-4-12(18(31)27-14(20(33)34)10-16(23)29)25-19(32)13(6-7-15(22)28)26-17(30)11-5-3-9-24-11/h11-14,24H,1-10,21H2,(H2,22,28)(H2,23,29)(H,25,32)(H,26,30)(H,27,31)(H,33,34). The van der Waals surface area contributed by atoms with Gasteiger partial charge in [-0.2, -0.15) is 0 Å². The average Bonchev–Trinajstić information content (AvgIpc) is 3.29. The van der Waals surface area contributed by atoms with Crippen molar-refractivity contribution in [3.8, 4) is 0 Å². The zero-order valence-corrected chi connectivity index (χ0v) is 19.0. The number of amides is 5. The minimum Gasteiger partial charge on any atom is -0.480 e. The molecule has 0 aromatic rings. The number of carbonyl (C=O) groups is 6. The van der Waals surface area contributed by atoms with E-state index in [9.17, 15) is 33.9 Å². The molecule has 1 rings (SSSR count). The summed E-state index contributed by atoms with van der Waals surface area (Å²) < 4.78 is 0.